The maximum Gasteiger partial charge on any atom is 0.182 e. The van der Waals surface area contributed by atoms with Crippen molar-refractivity contribution in [2.45, 2.75) is 31.2 Å². The Kier molecular flexibility index (Phi) is 4.53. The molecule has 1 fully saturated rings. The van der Waals surface area contributed by atoms with Gasteiger partial charge in [-0.15, -0.1) is 0 Å². The zero-order chi connectivity index (χ0) is 14.9. The molecule has 0 spiro atoms. The lowest BCUT2D eigenvalue weighted by Crippen LogP contribution is -2.33. The predicted molar refractivity (Wildman–Crippen MR) is 84.3 cm³/mol. The predicted octanol–water partition coefficient (Wildman–Crippen LogP) is 1.39. The van der Waals surface area contributed by atoms with E-state index < -0.39 is 9.84 Å². The first-order valence-corrected chi connectivity index (χ1v) is 9.81. The monoisotopic (exact) mass is 318 g/mol. The number of nitrogens with zero attached hydrogens (tertiary/aromatic N) is 3. The van der Waals surface area contributed by atoms with Gasteiger partial charge in [0.2, 0.25) is 0 Å². The van der Waals surface area contributed by atoms with Gasteiger partial charge in [-0.3, -0.25) is 0 Å². The van der Waals surface area contributed by atoms with Crippen LogP contribution in [0.1, 0.15) is 26.3 Å². The van der Waals surface area contributed by atoms with E-state index in [1.807, 2.05) is 30.5 Å². The van der Waals surface area contributed by atoms with Crippen LogP contribution in [-0.2, 0) is 9.84 Å². The number of nitrogen functional groups attached to an aromatic ring is 1. The van der Waals surface area contributed by atoms with E-state index in [2.05, 4.69) is 5.10 Å². The molecular weight excluding hydrogens is 296 g/mol. The Hall–Kier alpha value is -0.890. The second-order valence-corrected chi connectivity index (χ2v) is 8.29. The van der Waals surface area contributed by atoms with Crippen molar-refractivity contribution in [3.63, 3.8) is 0 Å². The summed E-state index contributed by atoms with van der Waals surface area (Å²) in [6.07, 6.45) is 2.05. The van der Waals surface area contributed by atoms with Gasteiger partial charge in [0.05, 0.1) is 6.04 Å². The maximum atomic E-state index is 12.1. The normalized spacial score (nSPS) is 18.2. The minimum atomic E-state index is -3.39. The summed E-state index contributed by atoms with van der Waals surface area (Å²) in [7, 11) is -3.39. The van der Waals surface area contributed by atoms with E-state index in [9.17, 15) is 8.42 Å². The van der Waals surface area contributed by atoms with Crippen LogP contribution in [0.3, 0.4) is 0 Å². The third-order valence-electron chi connectivity index (χ3n) is 3.57. The van der Waals surface area contributed by atoms with Gasteiger partial charge in [-0.1, -0.05) is 6.92 Å². The fraction of sp³-hybridized carbons (Fsp3) is 0.750. The molecule has 0 radical (unpaired) electrons. The Morgan fingerprint density at radius 3 is 2.50 bits per heavy atom. The molecule has 2 heterocycles. The van der Waals surface area contributed by atoms with Crippen LogP contribution in [0.15, 0.2) is 4.90 Å². The minimum Gasteiger partial charge on any atom is -0.383 e. The number of thioether (sulfide) groups is 1. The van der Waals surface area contributed by atoms with Crippen LogP contribution in [0, 0.1) is 0 Å². The molecule has 2 N–H and O–H groups in total. The average Bonchev–Trinajstić information content (AvgIpc) is 2.76. The fourth-order valence-corrected chi connectivity index (χ4v) is 4.14. The molecule has 0 aliphatic carbocycles. The molecule has 0 saturated carbocycles. The molecule has 0 bridgehead atoms. The third kappa shape index (κ3) is 2.90. The molecule has 1 aliphatic rings. The summed E-state index contributed by atoms with van der Waals surface area (Å²) < 4.78 is 25.8. The van der Waals surface area contributed by atoms with Gasteiger partial charge in [0.15, 0.2) is 20.6 Å². The summed E-state index contributed by atoms with van der Waals surface area (Å²) in [6.45, 7) is 5.64. The number of anilines is 2. The van der Waals surface area contributed by atoms with Crippen LogP contribution in [0.2, 0.25) is 0 Å². The molecule has 1 aromatic heterocycles. The van der Waals surface area contributed by atoms with Crippen molar-refractivity contribution >= 4 is 33.2 Å². The van der Waals surface area contributed by atoms with E-state index in [0.717, 1.165) is 31.0 Å². The number of sulfone groups is 1. The van der Waals surface area contributed by atoms with Gasteiger partial charge in [-0.05, 0) is 13.3 Å². The van der Waals surface area contributed by atoms with Gasteiger partial charge in [-0.25, -0.2) is 13.1 Å². The molecular formula is C12H22N4O2S2. The van der Waals surface area contributed by atoms with Crippen LogP contribution in [0.5, 0.6) is 0 Å². The first-order chi connectivity index (χ1) is 9.36. The van der Waals surface area contributed by atoms with Gasteiger partial charge in [0.1, 0.15) is 5.82 Å². The van der Waals surface area contributed by atoms with Gasteiger partial charge in [0, 0.05) is 30.9 Å². The largest absolute Gasteiger partial charge is 0.383 e. The number of aromatic nitrogens is 2. The molecule has 1 unspecified atom stereocenters. The van der Waals surface area contributed by atoms with Crippen molar-refractivity contribution in [1.82, 2.24) is 9.78 Å². The summed E-state index contributed by atoms with van der Waals surface area (Å²) >= 11 is 1.87. The van der Waals surface area contributed by atoms with Crippen molar-refractivity contribution < 1.29 is 8.42 Å². The highest BCUT2D eigenvalue weighted by atomic mass is 32.2. The Morgan fingerprint density at radius 1 is 1.40 bits per heavy atom. The Labute approximate surface area is 124 Å². The Bertz CT molecular complexity index is 577. The second kappa shape index (κ2) is 5.85. The summed E-state index contributed by atoms with van der Waals surface area (Å²) in [4.78, 5) is 2.21. The molecule has 114 valence electrons. The number of hydrogen-bond donors (Lipinski definition) is 1. The van der Waals surface area contributed by atoms with Crippen LogP contribution in [-0.4, -0.2) is 49.0 Å². The SMILES string of the molecule is CCC(C)n1nc(N2CCSCC2)c(S(C)(=O)=O)c1N. The highest BCUT2D eigenvalue weighted by Crippen LogP contribution is 2.33. The standard InChI is InChI=1S/C12H22N4O2S2/c1-4-9(2)16-11(13)10(20(3,17)18)12(14-16)15-5-7-19-8-6-15/h9H,4-8,13H2,1-3H3. The van der Waals surface area contributed by atoms with Crippen molar-refractivity contribution in [3.05, 3.63) is 0 Å². The smallest absolute Gasteiger partial charge is 0.182 e. The second-order valence-electron chi connectivity index (χ2n) is 5.11. The molecule has 0 aromatic carbocycles. The summed E-state index contributed by atoms with van der Waals surface area (Å²) in [5.41, 5.74) is 6.06. The fourth-order valence-electron chi connectivity index (χ4n) is 2.27. The lowest BCUT2D eigenvalue weighted by atomic mass is 10.3. The lowest BCUT2D eigenvalue weighted by Gasteiger charge is -2.26. The molecule has 1 atom stereocenters. The highest BCUT2D eigenvalue weighted by molar-refractivity contribution is 7.99. The van der Waals surface area contributed by atoms with E-state index in [0.29, 0.717) is 5.82 Å². The Morgan fingerprint density at radius 2 is 2.00 bits per heavy atom. The highest BCUT2D eigenvalue weighted by Gasteiger charge is 2.29. The van der Waals surface area contributed by atoms with E-state index in [4.69, 9.17) is 5.73 Å². The summed E-state index contributed by atoms with van der Waals surface area (Å²) in [6, 6.07) is 0.0865. The van der Waals surface area contributed by atoms with Gasteiger partial charge < -0.3 is 10.6 Å². The zero-order valence-electron chi connectivity index (χ0n) is 12.2. The first-order valence-electron chi connectivity index (χ1n) is 6.77. The van der Waals surface area contributed by atoms with Gasteiger partial charge >= 0.3 is 0 Å². The number of nitrogens with two attached hydrogens (primary N) is 1. The topological polar surface area (TPSA) is 81.2 Å². The van der Waals surface area contributed by atoms with E-state index >= 15 is 0 Å². The van der Waals surface area contributed by atoms with E-state index in [1.165, 1.54) is 6.26 Å². The molecule has 1 saturated heterocycles. The Balaban J connectivity index is 2.54. The molecule has 1 aromatic rings. The lowest BCUT2D eigenvalue weighted by molar-refractivity contribution is 0.483. The van der Waals surface area contributed by atoms with Crippen LogP contribution in [0.25, 0.3) is 0 Å². The van der Waals surface area contributed by atoms with Gasteiger partial charge in [0.25, 0.3) is 0 Å². The van der Waals surface area contributed by atoms with Crippen molar-refractivity contribution in [1.29, 1.82) is 0 Å². The first kappa shape index (κ1) is 15.5. The van der Waals surface area contributed by atoms with Crippen molar-refractivity contribution in [3.8, 4) is 0 Å². The molecule has 0 amide bonds. The number of rotatable bonds is 4. The molecule has 2 rings (SSSR count). The zero-order valence-corrected chi connectivity index (χ0v) is 13.8. The van der Waals surface area contributed by atoms with Crippen LogP contribution in [0.4, 0.5) is 11.6 Å². The number of hydrogen-bond acceptors (Lipinski definition) is 6. The third-order valence-corrected chi connectivity index (χ3v) is 5.65. The van der Waals surface area contributed by atoms with Crippen LogP contribution < -0.4 is 10.6 Å². The van der Waals surface area contributed by atoms with Crippen molar-refractivity contribution in [2.75, 3.05) is 41.5 Å². The minimum absolute atomic E-state index is 0.0865. The quantitative estimate of drug-likeness (QED) is 0.903. The average molecular weight is 318 g/mol. The van der Waals surface area contributed by atoms with E-state index in [1.54, 1.807) is 4.68 Å². The molecule has 6 nitrogen and oxygen atoms in total. The van der Waals surface area contributed by atoms with Gasteiger partial charge in [-0.2, -0.15) is 16.9 Å². The molecule has 20 heavy (non-hydrogen) atoms. The van der Waals surface area contributed by atoms with Crippen LogP contribution >= 0.6 is 11.8 Å². The molecule has 8 heteroatoms. The summed E-state index contributed by atoms with van der Waals surface area (Å²) in [5.74, 6) is 2.75. The molecule has 1 aliphatic heterocycles. The van der Waals surface area contributed by atoms with Crippen molar-refractivity contribution in [2.24, 2.45) is 0 Å². The van der Waals surface area contributed by atoms with E-state index in [-0.39, 0.29) is 16.8 Å². The summed E-state index contributed by atoms with van der Waals surface area (Å²) in [5, 5.41) is 4.50. The maximum absolute atomic E-state index is 12.1.